The normalized spacial score (nSPS) is 12.2. The van der Waals surface area contributed by atoms with Gasteiger partial charge in [-0.05, 0) is 44.5 Å². The summed E-state index contributed by atoms with van der Waals surface area (Å²) in [5.41, 5.74) is 6.85. The van der Waals surface area contributed by atoms with Crippen molar-refractivity contribution in [3.63, 3.8) is 0 Å². The van der Waals surface area contributed by atoms with Gasteiger partial charge in [0.05, 0.1) is 11.1 Å². The molecule has 20 heavy (non-hydrogen) atoms. The summed E-state index contributed by atoms with van der Waals surface area (Å²) in [6, 6.07) is 5.12. The lowest BCUT2D eigenvalue weighted by Crippen LogP contribution is -2.28. The molecule has 3 N–H and O–H groups in total. The van der Waals surface area contributed by atoms with Crippen LogP contribution in [0.2, 0.25) is 5.02 Å². The van der Waals surface area contributed by atoms with Crippen LogP contribution in [-0.2, 0) is 0 Å². The predicted octanol–water partition coefficient (Wildman–Crippen LogP) is 3.49. The number of rotatable bonds is 3. The van der Waals surface area contributed by atoms with Gasteiger partial charge in [0.1, 0.15) is 11.5 Å². The molecule has 2 aromatic heterocycles. The molecule has 2 heterocycles. The Morgan fingerprint density at radius 1 is 1.45 bits per heavy atom. The van der Waals surface area contributed by atoms with Crippen molar-refractivity contribution in [1.29, 1.82) is 0 Å². The highest BCUT2D eigenvalue weighted by Gasteiger charge is 2.18. The topological polar surface area (TPSA) is 68.0 Å². The second-order valence-corrected chi connectivity index (χ2v) is 6.50. The van der Waals surface area contributed by atoms with E-state index in [1.165, 1.54) is 9.75 Å². The minimum Gasteiger partial charge on any atom is -0.384 e. The standard InChI is InChI=1S/C14H16ClN3OS/c1-7-6-10(9(3)20-7)8(2)17-14(19)13-11(15)4-5-12(16)18-13/h4-6,8H,1-3H3,(H2,16,18)(H,17,19). The molecule has 0 bridgehead atoms. The van der Waals surface area contributed by atoms with Gasteiger partial charge in [-0.2, -0.15) is 0 Å². The number of hydrogen-bond acceptors (Lipinski definition) is 4. The molecule has 1 atom stereocenters. The zero-order valence-electron chi connectivity index (χ0n) is 11.5. The fraction of sp³-hybridized carbons (Fsp3) is 0.286. The number of nitrogens with zero attached hydrogens (tertiary/aromatic N) is 1. The van der Waals surface area contributed by atoms with Crippen molar-refractivity contribution in [1.82, 2.24) is 10.3 Å². The number of aromatic nitrogens is 1. The number of anilines is 1. The molecule has 0 aliphatic rings. The number of carbonyl (C=O) groups excluding carboxylic acids is 1. The lowest BCUT2D eigenvalue weighted by molar-refractivity contribution is 0.0935. The summed E-state index contributed by atoms with van der Waals surface area (Å²) in [5.74, 6) is -0.0483. The first-order valence-electron chi connectivity index (χ1n) is 6.18. The third-order valence-corrected chi connectivity index (χ3v) is 4.26. The van der Waals surface area contributed by atoms with E-state index >= 15 is 0 Å². The summed E-state index contributed by atoms with van der Waals surface area (Å²) >= 11 is 7.69. The highest BCUT2D eigenvalue weighted by atomic mass is 35.5. The number of carbonyl (C=O) groups is 1. The average molecular weight is 310 g/mol. The second kappa shape index (κ2) is 5.81. The van der Waals surface area contributed by atoms with Gasteiger partial charge in [0.15, 0.2) is 0 Å². The van der Waals surface area contributed by atoms with Gasteiger partial charge >= 0.3 is 0 Å². The molecular weight excluding hydrogens is 294 g/mol. The van der Waals surface area contributed by atoms with Crippen LogP contribution in [0, 0.1) is 13.8 Å². The molecule has 6 heteroatoms. The maximum absolute atomic E-state index is 12.2. The largest absolute Gasteiger partial charge is 0.384 e. The monoisotopic (exact) mass is 309 g/mol. The van der Waals surface area contributed by atoms with Gasteiger partial charge in [0.25, 0.3) is 5.91 Å². The Balaban J connectivity index is 2.19. The van der Waals surface area contributed by atoms with E-state index in [1.54, 1.807) is 23.5 Å². The minimum absolute atomic E-state index is 0.105. The highest BCUT2D eigenvalue weighted by molar-refractivity contribution is 7.12. The molecule has 2 aromatic rings. The van der Waals surface area contributed by atoms with Gasteiger partial charge in [0.2, 0.25) is 0 Å². The SMILES string of the molecule is Cc1cc(C(C)NC(=O)c2nc(N)ccc2Cl)c(C)s1. The van der Waals surface area contributed by atoms with Crippen LogP contribution in [0.3, 0.4) is 0 Å². The molecule has 2 rings (SSSR count). The molecule has 0 saturated heterocycles. The average Bonchev–Trinajstić information content (AvgIpc) is 2.71. The number of halogens is 1. The Morgan fingerprint density at radius 2 is 2.15 bits per heavy atom. The van der Waals surface area contributed by atoms with Crippen LogP contribution in [0.25, 0.3) is 0 Å². The van der Waals surface area contributed by atoms with Gasteiger partial charge in [-0.3, -0.25) is 4.79 Å². The number of nitrogen functional groups attached to an aromatic ring is 1. The van der Waals surface area contributed by atoms with Crippen LogP contribution in [0.5, 0.6) is 0 Å². The predicted molar refractivity (Wildman–Crippen MR) is 83.3 cm³/mol. The second-order valence-electron chi connectivity index (χ2n) is 4.63. The van der Waals surface area contributed by atoms with Crippen LogP contribution in [-0.4, -0.2) is 10.9 Å². The molecule has 1 unspecified atom stereocenters. The fourth-order valence-electron chi connectivity index (χ4n) is 2.04. The minimum atomic E-state index is -0.321. The first kappa shape index (κ1) is 14.8. The van der Waals surface area contributed by atoms with E-state index in [0.29, 0.717) is 5.02 Å². The van der Waals surface area contributed by atoms with Gasteiger partial charge in [-0.15, -0.1) is 11.3 Å². The van der Waals surface area contributed by atoms with Crippen LogP contribution >= 0.6 is 22.9 Å². The molecule has 0 aliphatic carbocycles. The van der Waals surface area contributed by atoms with Crippen molar-refractivity contribution >= 4 is 34.7 Å². The third kappa shape index (κ3) is 3.11. The molecule has 0 radical (unpaired) electrons. The lowest BCUT2D eigenvalue weighted by Gasteiger charge is -2.14. The van der Waals surface area contributed by atoms with E-state index in [9.17, 15) is 4.79 Å². The number of pyridine rings is 1. The molecule has 0 saturated carbocycles. The summed E-state index contributed by atoms with van der Waals surface area (Å²) in [7, 11) is 0. The highest BCUT2D eigenvalue weighted by Crippen LogP contribution is 2.26. The van der Waals surface area contributed by atoms with E-state index in [4.69, 9.17) is 17.3 Å². The van der Waals surface area contributed by atoms with E-state index in [-0.39, 0.29) is 23.5 Å². The lowest BCUT2D eigenvalue weighted by atomic mass is 10.1. The summed E-state index contributed by atoms with van der Waals surface area (Å²) in [6.07, 6.45) is 0. The first-order valence-corrected chi connectivity index (χ1v) is 7.37. The molecule has 0 aromatic carbocycles. The maximum atomic E-state index is 12.2. The zero-order valence-corrected chi connectivity index (χ0v) is 13.1. The molecule has 0 aliphatic heterocycles. The van der Waals surface area contributed by atoms with E-state index in [1.807, 2.05) is 20.8 Å². The Labute approximate surface area is 127 Å². The Hall–Kier alpha value is -1.59. The number of nitrogens with two attached hydrogens (primary N) is 1. The maximum Gasteiger partial charge on any atom is 0.271 e. The Morgan fingerprint density at radius 3 is 2.75 bits per heavy atom. The van der Waals surface area contributed by atoms with Crippen LogP contribution in [0.1, 0.15) is 38.8 Å². The molecular formula is C14H16ClN3OS. The van der Waals surface area contributed by atoms with E-state index in [0.717, 1.165) is 5.56 Å². The first-order chi connectivity index (χ1) is 9.38. The van der Waals surface area contributed by atoms with Gasteiger partial charge in [-0.25, -0.2) is 4.98 Å². The van der Waals surface area contributed by atoms with Crippen molar-refractivity contribution in [2.24, 2.45) is 0 Å². The van der Waals surface area contributed by atoms with Gasteiger partial charge in [-0.1, -0.05) is 11.6 Å². The fourth-order valence-corrected chi connectivity index (χ4v) is 3.25. The van der Waals surface area contributed by atoms with Crippen molar-refractivity contribution in [2.75, 3.05) is 5.73 Å². The van der Waals surface area contributed by atoms with Gasteiger partial charge in [0, 0.05) is 9.75 Å². The quantitative estimate of drug-likeness (QED) is 0.912. The molecule has 4 nitrogen and oxygen atoms in total. The Bertz CT molecular complexity index is 654. The third-order valence-electron chi connectivity index (χ3n) is 2.98. The summed E-state index contributed by atoms with van der Waals surface area (Å²) in [4.78, 5) is 18.6. The van der Waals surface area contributed by atoms with Crippen LogP contribution < -0.4 is 11.1 Å². The zero-order chi connectivity index (χ0) is 14.9. The molecule has 0 fully saturated rings. The molecule has 1 amide bonds. The number of nitrogens with one attached hydrogen (secondary N) is 1. The van der Waals surface area contributed by atoms with Crippen molar-refractivity contribution in [3.05, 3.63) is 44.2 Å². The Kier molecular flexibility index (Phi) is 4.30. The van der Waals surface area contributed by atoms with E-state index in [2.05, 4.69) is 16.4 Å². The summed E-state index contributed by atoms with van der Waals surface area (Å²) in [5, 5.41) is 3.19. The smallest absolute Gasteiger partial charge is 0.271 e. The number of aryl methyl sites for hydroxylation is 2. The van der Waals surface area contributed by atoms with Crippen LogP contribution in [0.15, 0.2) is 18.2 Å². The van der Waals surface area contributed by atoms with E-state index < -0.39 is 0 Å². The van der Waals surface area contributed by atoms with Crippen molar-refractivity contribution < 1.29 is 4.79 Å². The number of thiophene rings is 1. The summed E-state index contributed by atoms with van der Waals surface area (Å²) < 4.78 is 0. The van der Waals surface area contributed by atoms with Gasteiger partial charge < -0.3 is 11.1 Å². The van der Waals surface area contributed by atoms with Crippen LogP contribution in [0.4, 0.5) is 5.82 Å². The molecule has 106 valence electrons. The van der Waals surface area contributed by atoms with Crippen molar-refractivity contribution in [3.8, 4) is 0 Å². The summed E-state index contributed by atoms with van der Waals surface area (Å²) in [6.45, 7) is 6.03. The van der Waals surface area contributed by atoms with Crippen molar-refractivity contribution in [2.45, 2.75) is 26.8 Å². The number of hydrogen-bond donors (Lipinski definition) is 2. The molecule has 0 spiro atoms. The number of amides is 1.